The monoisotopic (exact) mass is 294 g/mol. The second-order valence-corrected chi connectivity index (χ2v) is 5.36. The van der Waals surface area contributed by atoms with Crippen LogP contribution in [0.15, 0.2) is 29.5 Å². The SMILES string of the molecule is CSC(=Nc1ccncc1)C1C(=O)OC(C)(C)OC1=O. The molecule has 0 bridgehead atoms. The first-order chi connectivity index (χ1) is 9.43. The molecule has 2 heterocycles. The Kier molecular flexibility index (Phi) is 4.08. The minimum absolute atomic E-state index is 0.335. The summed E-state index contributed by atoms with van der Waals surface area (Å²) >= 11 is 1.21. The number of thioether (sulfide) groups is 1. The summed E-state index contributed by atoms with van der Waals surface area (Å²) in [6, 6.07) is 3.36. The van der Waals surface area contributed by atoms with Crippen LogP contribution in [0.25, 0.3) is 0 Å². The van der Waals surface area contributed by atoms with E-state index in [0.717, 1.165) is 0 Å². The lowest BCUT2D eigenvalue weighted by Crippen LogP contribution is -2.48. The van der Waals surface area contributed by atoms with E-state index in [9.17, 15) is 9.59 Å². The fourth-order valence-corrected chi connectivity index (χ4v) is 2.32. The predicted octanol–water partition coefficient (Wildman–Crippen LogP) is 1.93. The van der Waals surface area contributed by atoms with Gasteiger partial charge in [-0.15, -0.1) is 11.8 Å². The van der Waals surface area contributed by atoms with Gasteiger partial charge in [0.05, 0.1) is 10.7 Å². The zero-order chi connectivity index (χ0) is 14.8. The van der Waals surface area contributed by atoms with Gasteiger partial charge in [-0.3, -0.25) is 14.6 Å². The molecule has 1 aliphatic heterocycles. The van der Waals surface area contributed by atoms with E-state index in [1.165, 1.54) is 25.6 Å². The third-order valence-corrected chi connectivity index (χ3v) is 3.27. The lowest BCUT2D eigenvalue weighted by molar-refractivity contribution is -0.235. The highest BCUT2D eigenvalue weighted by Gasteiger charge is 2.45. The molecule has 1 aromatic heterocycles. The summed E-state index contributed by atoms with van der Waals surface area (Å²) in [6.45, 7) is 3.02. The molecular weight excluding hydrogens is 280 g/mol. The van der Waals surface area contributed by atoms with Crippen LogP contribution in [0.1, 0.15) is 13.8 Å². The fraction of sp³-hybridized carbons (Fsp3) is 0.385. The Balaban J connectivity index is 2.30. The standard InChI is InChI=1S/C13H14N2O4S/c1-13(2)18-11(16)9(12(17)19-13)10(20-3)15-8-4-6-14-7-5-8/h4-7,9H,1-3H3. The van der Waals surface area contributed by atoms with Gasteiger partial charge in [-0.1, -0.05) is 0 Å². The number of hydrogen-bond donors (Lipinski definition) is 0. The zero-order valence-corrected chi connectivity index (χ0v) is 12.1. The van der Waals surface area contributed by atoms with Gasteiger partial charge in [0.25, 0.3) is 5.79 Å². The van der Waals surface area contributed by atoms with Gasteiger partial charge in [0.2, 0.25) is 5.92 Å². The number of hydrogen-bond acceptors (Lipinski definition) is 7. The maximum atomic E-state index is 12.0. The van der Waals surface area contributed by atoms with Crippen molar-refractivity contribution in [3.63, 3.8) is 0 Å². The third kappa shape index (κ3) is 3.16. The molecule has 0 N–H and O–H groups in total. The lowest BCUT2D eigenvalue weighted by atomic mass is 10.1. The zero-order valence-electron chi connectivity index (χ0n) is 11.3. The van der Waals surface area contributed by atoms with E-state index in [-0.39, 0.29) is 0 Å². The average molecular weight is 294 g/mol. The Hall–Kier alpha value is -1.89. The Labute approximate surface area is 120 Å². The number of pyridine rings is 1. The van der Waals surface area contributed by atoms with E-state index in [4.69, 9.17) is 9.47 Å². The van der Waals surface area contributed by atoms with Crippen molar-refractivity contribution in [2.45, 2.75) is 19.6 Å². The maximum Gasteiger partial charge on any atom is 0.330 e. The van der Waals surface area contributed by atoms with E-state index in [0.29, 0.717) is 10.7 Å². The largest absolute Gasteiger partial charge is 0.422 e. The van der Waals surface area contributed by atoms with Gasteiger partial charge < -0.3 is 9.47 Å². The molecule has 1 fully saturated rings. The number of carbonyl (C=O) groups is 2. The Morgan fingerprint density at radius 1 is 1.25 bits per heavy atom. The molecule has 6 nitrogen and oxygen atoms in total. The first-order valence-corrected chi connectivity index (χ1v) is 7.14. The van der Waals surface area contributed by atoms with Crippen molar-refractivity contribution in [2.75, 3.05) is 6.26 Å². The van der Waals surface area contributed by atoms with Crippen LogP contribution in [0.5, 0.6) is 0 Å². The van der Waals surface area contributed by atoms with Crippen LogP contribution in [-0.4, -0.2) is 34.0 Å². The van der Waals surface area contributed by atoms with Gasteiger partial charge in [0.1, 0.15) is 0 Å². The number of cyclic esters (lactones) is 2. The van der Waals surface area contributed by atoms with Gasteiger partial charge in [-0.2, -0.15) is 0 Å². The van der Waals surface area contributed by atoms with Crippen molar-refractivity contribution in [3.8, 4) is 0 Å². The highest BCUT2D eigenvalue weighted by atomic mass is 32.2. The Morgan fingerprint density at radius 3 is 2.30 bits per heavy atom. The van der Waals surface area contributed by atoms with Crippen LogP contribution in [0.3, 0.4) is 0 Å². The third-order valence-electron chi connectivity index (χ3n) is 2.52. The van der Waals surface area contributed by atoms with E-state index in [1.54, 1.807) is 30.8 Å². The quantitative estimate of drug-likeness (QED) is 0.359. The van der Waals surface area contributed by atoms with Crippen molar-refractivity contribution in [3.05, 3.63) is 24.5 Å². The smallest absolute Gasteiger partial charge is 0.330 e. The van der Waals surface area contributed by atoms with Crippen LogP contribution in [0.2, 0.25) is 0 Å². The summed E-state index contributed by atoms with van der Waals surface area (Å²) in [5.74, 6) is -3.65. The van der Waals surface area contributed by atoms with Crippen LogP contribution in [0.4, 0.5) is 5.69 Å². The number of ether oxygens (including phenoxy) is 2. The topological polar surface area (TPSA) is 77.8 Å². The number of aromatic nitrogens is 1. The molecular formula is C13H14N2O4S. The van der Waals surface area contributed by atoms with Gasteiger partial charge in [-0.25, -0.2) is 4.99 Å². The minimum atomic E-state index is -1.23. The normalized spacial score (nSPS) is 19.4. The molecule has 0 unspecified atom stereocenters. The summed E-state index contributed by atoms with van der Waals surface area (Å²) in [7, 11) is 0. The van der Waals surface area contributed by atoms with Crippen LogP contribution >= 0.6 is 11.8 Å². The van der Waals surface area contributed by atoms with Crippen molar-refractivity contribution in [1.29, 1.82) is 0 Å². The molecule has 0 amide bonds. The first-order valence-electron chi connectivity index (χ1n) is 5.91. The summed E-state index contributed by atoms with van der Waals surface area (Å²) in [6.07, 6.45) is 4.90. The number of rotatable bonds is 2. The number of esters is 2. The van der Waals surface area contributed by atoms with E-state index < -0.39 is 23.6 Å². The molecule has 20 heavy (non-hydrogen) atoms. The van der Waals surface area contributed by atoms with E-state index in [1.807, 2.05) is 0 Å². The van der Waals surface area contributed by atoms with Crippen LogP contribution in [-0.2, 0) is 19.1 Å². The van der Waals surface area contributed by atoms with Crippen molar-refractivity contribution < 1.29 is 19.1 Å². The number of aliphatic imine (C=N–C) groups is 1. The van der Waals surface area contributed by atoms with E-state index in [2.05, 4.69) is 9.98 Å². The molecule has 2 rings (SSSR count). The molecule has 0 atom stereocenters. The molecule has 1 aromatic rings. The molecule has 0 radical (unpaired) electrons. The molecule has 0 spiro atoms. The fourth-order valence-electron chi connectivity index (χ4n) is 1.69. The summed E-state index contributed by atoms with van der Waals surface area (Å²) in [5.41, 5.74) is 0.606. The van der Waals surface area contributed by atoms with Gasteiger partial charge in [0, 0.05) is 26.2 Å². The van der Waals surface area contributed by atoms with E-state index >= 15 is 0 Å². The summed E-state index contributed by atoms with van der Waals surface area (Å²) in [4.78, 5) is 32.1. The maximum absolute atomic E-state index is 12.0. The average Bonchev–Trinajstić information content (AvgIpc) is 2.36. The Bertz CT molecular complexity index is 537. The van der Waals surface area contributed by atoms with Crippen molar-refractivity contribution in [2.24, 2.45) is 10.9 Å². The second kappa shape index (κ2) is 5.62. The predicted molar refractivity (Wildman–Crippen MR) is 74.6 cm³/mol. The van der Waals surface area contributed by atoms with Gasteiger partial charge >= 0.3 is 11.9 Å². The van der Waals surface area contributed by atoms with Crippen LogP contribution < -0.4 is 0 Å². The number of carbonyl (C=O) groups excluding carboxylic acids is 2. The highest BCUT2D eigenvalue weighted by Crippen LogP contribution is 2.28. The first kappa shape index (κ1) is 14.5. The Morgan fingerprint density at radius 2 is 1.80 bits per heavy atom. The van der Waals surface area contributed by atoms with Crippen LogP contribution in [0, 0.1) is 5.92 Å². The highest BCUT2D eigenvalue weighted by molar-refractivity contribution is 8.13. The minimum Gasteiger partial charge on any atom is -0.422 e. The summed E-state index contributed by atoms with van der Waals surface area (Å²) < 4.78 is 10.2. The number of nitrogens with zero attached hydrogens (tertiary/aromatic N) is 2. The molecule has 1 saturated heterocycles. The molecule has 0 aliphatic carbocycles. The molecule has 0 saturated carbocycles. The lowest BCUT2D eigenvalue weighted by Gasteiger charge is -2.32. The molecule has 0 aromatic carbocycles. The van der Waals surface area contributed by atoms with Gasteiger partial charge in [0.15, 0.2) is 0 Å². The van der Waals surface area contributed by atoms with Crippen molar-refractivity contribution in [1.82, 2.24) is 4.98 Å². The van der Waals surface area contributed by atoms with Gasteiger partial charge in [-0.05, 0) is 18.4 Å². The molecule has 106 valence electrons. The second-order valence-electron chi connectivity index (χ2n) is 4.53. The van der Waals surface area contributed by atoms with Crippen molar-refractivity contribution >= 4 is 34.4 Å². The molecule has 1 aliphatic rings. The molecule has 7 heteroatoms. The summed E-state index contributed by atoms with van der Waals surface area (Å²) in [5, 5.41) is 0.335.